The molecule has 8 atom stereocenters. The van der Waals surface area contributed by atoms with Gasteiger partial charge in [0.2, 0.25) is 0 Å². The van der Waals surface area contributed by atoms with Crippen molar-refractivity contribution < 1.29 is 28.7 Å². The summed E-state index contributed by atoms with van der Waals surface area (Å²) in [6.45, 7) is 10.3. The maximum Gasteiger partial charge on any atom is 0.166 e. The number of ether oxygens (including phenoxy) is 1. The first-order valence-electron chi connectivity index (χ1n) is 13.0. The van der Waals surface area contributed by atoms with Crippen LogP contribution in [-0.4, -0.2) is 41.6 Å². The van der Waals surface area contributed by atoms with Crippen molar-refractivity contribution in [3.05, 3.63) is 35.9 Å². The molecule has 2 aliphatic carbocycles. The molecule has 0 spiro atoms. The summed E-state index contributed by atoms with van der Waals surface area (Å²) in [7, 11) is 0. The molecule has 1 aromatic carbocycles. The fraction of sp³-hybridized carbons (Fsp3) is 0.633. The van der Waals surface area contributed by atoms with Crippen LogP contribution >= 0.6 is 0 Å². The molecule has 0 amide bonds. The lowest BCUT2D eigenvalue weighted by Gasteiger charge is -2.63. The van der Waals surface area contributed by atoms with Gasteiger partial charge in [-0.3, -0.25) is 19.2 Å². The van der Waals surface area contributed by atoms with Gasteiger partial charge in [-0.15, -0.1) is 0 Å². The van der Waals surface area contributed by atoms with Crippen LogP contribution < -0.4 is 0 Å². The first-order chi connectivity index (χ1) is 16.8. The molecule has 2 bridgehead atoms. The van der Waals surface area contributed by atoms with Gasteiger partial charge in [0.25, 0.3) is 0 Å². The standard InChI is InChI=1S/C30H38O6/c1-17(12-18(2)31)29(20(4)33)13-23(27(35)22-10-8-7-9-11-22)28(6)25(15-29)30(21(5)34)14-24(36-16-30)26(28)19(3)32/h7-11,17,23-26H,12-16H2,1-6H3/t17?,23?,24?,25-,26?,28-,29+,30+/m1/s1. The zero-order chi connectivity index (χ0) is 26.6. The van der Waals surface area contributed by atoms with E-state index < -0.39 is 40.1 Å². The van der Waals surface area contributed by atoms with Crippen LogP contribution in [0.25, 0.3) is 0 Å². The number of hydrogen-bond acceptors (Lipinski definition) is 6. The van der Waals surface area contributed by atoms with Crippen molar-refractivity contribution in [1.29, 1.82) is 0 Å². The van der Waals surface area contributed by atoms with E-state index in [1.165, 1.54) is 6.92 Å². The highest BCUT2D eigenvalue weighted by Gasteiger charge is 2.72. The van der Waals surface area contributed by atoms with Crippen LogP contribution in [0.15, 0.2) is 30.3 Å². The average Bonchev–Trinajstić information content (AvgIpc) is 3.20. The zero-order valence-corrected chi connectivity index (χ0v) is 22.3. The Morgan fingerprint density at radius 2 is 1.58 bits per heavy atom. The third-order valence-electron chi connectivity index (χ3n) is 10.2. The van der Waals surface area contributed by atoms with Crippen LogP contribution in [-0.2, 0) is 23.9 Å². The Morgan fingerprint density at radius 1 is 0.944 bits per heavy atom. The second-order valence-electron chi connectivity index (χ2n) is 12.0. The van der Waals surface area contributed by atoms with Gasteiger partial charge < -0.3 is 9.53 Å². The van der Waals surface area contributed by atoms with Crippen molar-refractivity contribution in [2.75, 3.05) is 6.61 Å². The Bertz CT molecular complexity index is 1110. The molecule has 0 N–H and O–H groups in total. The van der Waals surface area contributed by atoms with Gasteiger partial charge in [-0.05, 0) is 64.2 Å². The van der Waals surface area contributed by atoms with Gasteiger partial charge in [0.1, 0.15) is 23.1 Å². The second-order valence-corrected chi connectivity index (χ2v) is 12.0. The predicted molar refractivity (Wildman–Crippen MR) is 134 cm³/mol. The number of carbonyl (C=O) groups excluding carboxylic acids is 5. The summed E-state index contributed by atoms with van der Waals surface area (Å²) in [6.07, 6.45) is 0.831. The normalized spacial score (nSPS) is 38.1. The molecule has 1 heterocycles. The number of benzene rings is 1. The number of carbonyl (C=O) groups is 5. The molecule has 4 rings (SSSR count). The SMILES string of the molecule is CC(=O)CC(C)[C@]1(C(C)=O)CC(C(=O)c2ccccc2)[C@@]2(C)C(C(C)=O)C3C[C@@](C(C)=O)(CO3)[C@@H]2C1. The first kappa shape index (κ1) is 26.6. The lowest BCUT2D eigenvalue weighted by Crippen LogP contribution is -2.65. The maximum absolute atomic E-state index is 14.3. The van der Waals surface area contributed by atoms with Crippen LogP contribution in [0.2, 0.25) is 0 Å². The van der Waals surface area contributed by atoms with E-state index in [-0.39, 0.29) is 54.3 Å². The molecule has 0 aromatic heterocycles. The Hall–Kier alpha value is -2.47. The van der Waals surface area contributed by atoms with E-state index in [1.807, 2.05) is 19.9 Å². The largest absolute Gasteiger partial charge is 0.376 e. The second kappa shape index (κ2) is 9.13. The molecule has 1 saturated heterocycles. The fourth-order valence-corrected chi connectivity index (χ4v) is 8.34. The van der Waals surface area contributed by atoms with Gasteiger partial charge in [0.15, 0.2) is 5.78 Å². The van der Waals surface area contributed by atoms with Crippen molar-refractivity contribution in [3.8, 4) is 0 Å². The van der Waals surface area contributed by atoms with Gasteiger partial charge in [-0.25, -0.2) is 0 Å². The molecule has 1 aromatic rings. The highest BCUT2D eigenvalue weighted by molar-refractivity contribution is 6.00. The number of ketones is 5. The van der Waals surface area contributed by atoms with Crippen molar-refractivity contribution in [2.24, 2.45) is 39.9 Å². The molecular weight excluding hydrogens is 456 g/mol. The monoisotopic (exact) mass is 494 g/mol. The summed E-state index contributed by atoms with van der Waals surface area (Å²) in [4.78, 5) is 66.5. The van der Waals surface area contributed by atoms with E-state index in [2.05, 4.69) is 0 Å². The third-order valence-corrected chi connectivity index (χ3v) is 10.2. The van der Waals surface area contributed by atoms with Crippen LogP contribution in [0.1, 0.15) is 77.6 Å². The Labute approximate surface area is 213 Å². The van der Waals surface area contributed by atoms with Crippen molar-refractivity contribution in [3.63, 3.8) is 0 Å². The summed E-state index contributed by atoms with van der Waals surface area (Å²) in [6, 6.07) is 8.98. The van der Waals surface area contributed by atoms with Gasteiger partial charge in [0, 0.05) is 29.2 Å². The van der Waals surface area contributed by atoms with Crippen molar-refractivity contribution in [1.82, 2.24) is 0 Å². The van der Waals surface area contributed by atoms with Crippen LogP contribution in [0.4, 0.5) is 0 Å². The molecule has 6 nitrogen and oxygen atoms in total. The van der Waals surface area contributed by atoms with E-state index in [0.717, 1.165) is 0 Å². The minimum absolute atomic E-state index is 0.0156. The maximum atomic E-state index is 14.3. The number of rotatable bonds is 8. The highest BCUT2D eigenvalue weighted by Crippen LogP contribution is 2.70. The van der Waals surface area contributed by atoms with E-state index in [9.17, 15) is 24.0 Å². The lowest BCUT2D eigenvalue weighted by molar-refractivity contribution is -0.175. The molecule has 1 aliphatic heterocycles. The number of hydrogen-bond donors (Lipinski definition) is 0. The summed E-state index contributed by atoms with van der Waals surface area (Å²) < 4.78 is 6.17. The minimum Gasteiger partial charge on any atom is -0.376 e. The molecule has 2 saturated carbocycles. The lowest BCUT2D eigenvalue weighted by atomic mass is 9.38. The quantitative estimate of drug-likeness (QED) is 0.487. The Morgan fingerprint density at radius 3 is 2.11 bits per heavy atom. The van der Waals surface area contributed by atoms with Gasteiger partial charge in [0.05, 0.1) is 18.1 Å². The average molecular weight is 495 g/mol. The van der Waals surface area contributed by atoms with Gasteiger partial charge in [-0.2, -0.15) is 0 Å². The molecule has 36 heavy (non-hydrogen) atoms. The fourth-order valence-electron chi connectivity index (χ4n) is 8.34. The molecule has 0 radical (unpaired) electrons. The van der Waals surface area contributed by atoms with Crippen LogP contribution in [0.3, 0.4) is 0 Å². The predicted octanol–water partition coefficient (Wildman–Crippen LogP) is 4.68. The molecular formula is C30H38O6. The summed E-state index contributed by atoms with van der Waals surface area (Å²) in [5, 5.41) is 0. The van der Waals surface area contributed by atoms with E-state index in [0.29, 0.717) is 18.4 Å². The number of fused-ring (bicyclic) bond motifs is 4. The van der Waals surface area contributed by atoms with Crippen LogP contribution in [0.5, 0.6) is 0 Å². The smallest absolute Gasteiger partial charge is 0.166 e. The molecule has 194 valence electrons. The van der Waals surface area contributed by atoms with Crippen LogP contribution in [0, 0.1) is 39.9 Å². The highest BCUT2D eigenvalue weighted by atomic mass is 16.5. The molecule has 3 aliphatic rings. The molecule has 3 fully saturated rings. The summed E-state index contributed by atoms with van der Waals surface area (Å²) in [5.41, 5.74) is -2.15. The molecule has 4 unspecified atom stereocenters. The Balaban J connectivity index is 1.98. The van der Waals surface area contributed by atoms with Crippen molar-refractivity contribution in [2.45, 2.75) is 73.3 Å². The minimum atomic E-state index is -0.954. The van der Waals surface area contributed by atoms with Crippen molar-refractivity contribution >= 4 is 28.9 Å². The van der Waals surface area contributed by atoms with E-state index in [4.69, 9.17) is 4.74 Å². The summed E-state index contributed by atoms with van der Waals surface area (Å²) >= 11 is 0. The molecule has 6 heteroatoms. The number of Topliss-reactive ketones (excluding diaryl/α,β-unsaturated/α-hetero) is 5. The zero-order valence-electron chi connectivity index (χ0n) is 22.3. The third kappa shape index (κ3) is 3.75. The first-order valence-corrected chi connectivity index (χ1v) is 13.0. The van der Waals surface area contributed by atoms with E-state index in [1.54, 1.807) is 45.0 Å². The summed E-state index contributed by atoms with van der Waals surface area (Å²) in [5.74, 6) is -2.20. The van der Waals surface area contributed by atoms with Gasteiger partial charge >= 0.3 is 0 Å². The van der Waals surface area contributed by atoms with Gasteiger partial charge in [-0.1, -0.05) is 44.2 Å². The van der Waals surface area contributed by atoms with E-state index >= 15 is 0 Å². The topological polar surface area (TPSA) is 94.6 Å². The Kier molecular flexibility index (Phi) is 6.74.